The first-order chi connectivity index (χ1) is 23.1. The van der Waals surface area contributed by atoms with Crippen LogP contribution in [0.1, 0.15) is 39.4 Å². The molecule has 2 N–H and O–H groups in total. The van der Waals surface area contributed by atoms with Crippen LogP contribution in [0.25, 0.3) is 11.1 Å². The second-order valence-corrected chi connectivity index (χ2v) is 11.6. The van der Waals surface area contributed by atoms with E-state index in [2.05, 4.69) is 58.8 Å². The van der Waals surface area contributed by atoms with Gasteiger partial charge in [0, 0.05) is 18.5 Å². The molecule has 0 bridgehead atoms. The number of amides is 1. The molecule has 1 atom stereocenters. The van der Waals surface area contributed by atoms with E-state index in [4.69, 9.17) is 4.74 Å². The topological polar surface area (TPSA) is 93.5 Å². The maximum absolute atomic E-state index is 13.0. The van der Waals surface area contributed by atoms with Crippen molar-refractivity contribution >= 4 is 12.1 Å². The molecule has 0 spiro atoms. The van der Waals surface area contributed by atoms with Gasteiger partial charge in [0.1, 0.15) is 18.2 Å². The third kappa shape index (κ3) is 5.57. The SMILES string of the molecule is O=C([15NH][C@@H](Cc1c[15n](C(c2ccccc2)(c2ccccc2)c2ccccc2)c[15n]1)C(=O)O)OCC1c2ccccc2-c2ccccc21. The highest BCUT2D eigenvalue weighted by atomic mass is 16.6. The molecule has 0 saturated heterocycles. The maximum atomic E-state index is 13.0. The summed E-state index contributed by atoms with van der Waals surface area (Å²) in [4.78, 5) is 30.1. The predicted octanol–water partition coefficient (Wildman–Crippen LogP) is 7.26. The average Bonchev–Trinajstić information content (AvgIpc) is 3.71. The van der Waals surface area contributed by atoms with E-state index >= 15 is 0 Å². The highest BCUT2D eigenvalue weighted by Crippen LogP contribution is 2.44. The number of carboxylic acids is 1. The number of aromatic nitrogens is 2. The van der Waals surface area contributed by atoms with Gasteiger partial charge in [0.15, 0.2) is 0 Å². The first kappa shape index (κ1) is 29.7. The van der Waals surface area contributed by atoms with Crippen LogP contribution in [0.15, 0.2) is 152 Å². The monoisotopic (exact) mass is 622 g/mol. The van der Waals surface area contributed by atoms with Crippen molar-refractivity contribution in [2.24, 2.45) is 0 Å². The summed E-state index contributed by atoms with van der Waals surface area (Å²) in [7, 11) is 0. The Morgan fingerprint density at radius 1 is 0.723 bits per heavy atom. The molecule has 1 amide bonds. The van der Waals surface area contributed by atoms with Crippen LogP contribution in [0.2, 0.25) is 0 Å². The number of carbonyl (C=O) groups is 2. The summed E-state index contributed by atoms with van der Waals surface area (Å²) < 4.78 is 7.67. The molecule has 0 aliphatic heterocycles. The molecule has 1 aromatic heterocycles. The number of fused-ring (bicyclic) bond motifs is 3. The second-order valence-electron chi connectivity index (χ2n) is 11.6. The molecule has 0 radical (unpaired) electrons. The summed E-state index contributed by atoms with van der Waals surface area (Å²) in [5.41, 5.74) is 7.20. The third-order valence-electron chi connectivity index (χ3n) is 8.95. The van der Waals surface area contributed by atoms with Crippen molar-refractivity contribution in [1.82, 2.24) is 14.9 Å². The van der Waals surface area contributed by atoms with Gasteiger partial charge in [-0.3, -0.25) is 0 Å². The second kappa shape index (κ2) is 12.8. The molecule has 47 heavy (non-hydrogen) atoms. The lowest BCUT2D eigenvalue weighted by molar-refractivity contribution is -0.139. The number of carbonyl (C=O) groups excluding carboxylic acids is 1. The van der Waals surface area contributed by atoms with Gasteiger partial charge in [-0.2, -0.15) is 0 Å². The fourth-order valence-electron chi connectivity index (χ4n) is 6.83. The number of nitrogens with one attached hydrogen (secondary N) is 1. The molecule has 6 aromatic rings. The van der Waals surface area contributed by atoms with Crippen molar-refractivity contribution in [1.29, 1.82) is 0 Å². The van der Waals surface area contributed by atoms with Gasteiger partial charge in [-0.1, -0.05) is 140 Å². The molecule has 232 valence electrons. The van der Waals surface area contributed by atoms with Crippen LogP contribution < -0.4 is 5.32 Å². The van der Waals surface area contributed by atoms with Crippen LogP contribution in [0.5, 0.6) is 0 Å². The minimum Gasteiger partial charge on any atom is -0.480 e. The summed E-state index contributed by atoms with van der Waals surface area (Å²) in [6.45, 7) is 0.0918. The molecule has 1 heterocycles. The summed E-state index contributed by atoms with van der Waals surface area (Å²) in [5, 5.41) is 12.7. The molecule has 0 saturated carbocycles. The molecule has 5 aromatic carbocycles. The zero-order valence-corrected chi connectivity index (χ0v) is 25.6. The number of benzene rings is 5. The highest BCUT2D eigenvalue weighted by molar-refractivity contribution is 5.81. The number of hydrogen-bond acceptors (Lipinski definition) is 4. The Morgan fingerprint density at radius 2 is 1.19 bits per heavy atom. The van der Waals surface area contributed by atoms with Crippen molar-refractivity contribution in [3.63, 3.8) is 0 Å². The van der Waals surface area contributed by atoms with Crippen molar-refractivity contribution in [2.45, 2.75) is 23.9 Å². The molecule has 1 aliphatic rings. The Labute approximate surface area is 273 Å². The van der Waals surface area contributed by atoms with Gasteiger partial charge < -0.3 is 19.7 Å². The Balaban J connectivity index is 1.14. The first-order valence-corrected chi connectivity index (χ1v) is 15.6. The zero-order valence-electron chi connectivity index (χ0n) is 25.6. The minimum absolute atomic E-state index is 0.0268. The quantitative estimate of drug-likeness (QED) is 0.124. The van der Waals surface area contributed by atoms with E-state index in [-0.39, 0.29) is 18.9 Å². The van der Waals surface area contributed by atoms with E-state index in [1.807, 2.05) is 102 Å². The van der Waals surface area contributed by atoms with Gasteiger partial charge in [0.25, 0.3) is 0 Å². The Bertz CT molecular complexity index is 1870. The predicted molar refractivity (Wildman–Crippen MR) is 180 cm³/mol. The summed E-state index contributed by atoms with van der Waals surface area (Å²) >= 11 is 0. The maximum Gasteiger partial charge on any atom is 0.407 e. The van der Waals surface area contributed by atoms with Crippen LogP contribution in [0, 0.1) is 0 Å². The molecule has 0 unspecified atom stereocenters. The first-order valence-electron chi connectivity index (χ1n) is 15.6. The van der Waals surface area contributed by atoms with Crippen LogP contribution in [0.4, 0.5) is 4.79 Å². The van der Waals surface area contributed by atoms with Crippen molar-refractivity contribution in [2.75, 3.05) is 6.61 Å². The summed E-state index contributed by atoms with van der Waals surface area (Å²) in [5.74, 6) is -1.30. The smallest absolute Gasteiger partial charge is 0.407 e. The molecular weight excluding hydrogens is 589 g/mol. The molecule has 7 rings (SSSR count). The van der Waals surface area contributed by atoms with Gasteiger partial charge in [-0.15, -0.1) is 0 Å². The van der Waals surface area contributed by atoms with Gasteiger partial charge in [0.2, 0.25) is 0 Å². The lowest BCUT2D eigenvalue weighted by Crippen LogP contribution is -2.43. The molecule has 7 nitrogen and oxygen atoms in total. The number of carboxylic acid groups (broad SMARTS) is 1. The highest BCUT2D eigenvalue weighted by Gasteiger charge is 2.38. The van der Waals surface area contributed by atoms with E-state index in [0.29, 0.717) is 5.69 Å². The number of alkyl carbamates (subject to hydrolysis) is 1. The van der Waals surface area contributed by atoms with E-state index in [1.165, 1.54) is 0 Å². The Hall–Kier alpha value is -5.95. The van der Waals surface area contributed by atoms with Gasteiger partial charge in [-0.05, 0) is 38.9 Å². The Morgan fingerprint density at radius 3 is 1.68 bits per heavy atom. The van der Waals surface area contributed by atoms with Crippen molar-refractivity contribution in [3.8, 4) is 11.1 Å². The number of ether oxygens (including phenoxy) is 1. The fraction of sp³-hybridized carbons (Fsp3) is 0.125. The van der Waals surface area contributed by atoms with E-state index in [9.17, 15) is 14.7 Å². The summed E-state index contributed by atoms with van der Waals surface area (Å²) in [6.07, 6.45) is 2.78. The molecule has 7 heteroatoms. The van der Waals surface area contributed by atoms with Crippen molar-refractivity contribution in [3.05, 3.63) is 186 Å². The van der Waals surface area contributed by atoms with Crippen LogP contribution in [-0.4, -0.2) is 39.4 Å². The van der Waals surface area contributed by atoms with Crippen molar-refractivity contribution < 1.29 is 19.4 Å². The number of hydrogen-bond donors (Lipinski definition) is 2. The van der Waals surface area contributed by atoms with Crippen LogP contribution >= 0.6 is 0 Å². The largest absolute Gasteiger partial charge is 0.480 e. The van der Waals surface area contributed by atoms with E-state index < -0.39 is 23.6 Å². The van der Waals surface area contributed by atoms with E-state index in [0.717, 1.165) is 38.9 Å². The van der Waals surface area contributed by atoms with Gasteiger partial charge in [0.05, 0.1) is 12.0 Å². The summed E-state index contributed by atoms with van der Waals surface area (Å²) in [6, 6.07) is 45.4. The van der Waals surface area contributed by atoms with Gasteiger partial charge >= 0.3 is 12.1 Å². The van der Waals surface area contributed by atoms with Crippen LogP contribution in [-0.2, 0) is 21.5 Å². The number of aliphatic carboxylic acids is 1. The molecule has 1 aliphatic carbocycles. The molecular formula is C40H33N3O4. The lowest BCUT2D eigenvalue weighted by atomic mass is 9.78. The third-order valence-corrected chi connectivity index (χ3v) is 8.95. The molecule has 0 fully saturated rings. The number of nitrogens with zero attached hydrogens (tertiary/aromatic N) is 2. The number of rotatable bonds is 10. The standard InChI is InChI=1S/C40H33N3O4/c44-38(45)37(42-39(46)47-26-36-34-22-12-10-20-32(34)33-21-11-13-23-35(33)36)24-31-25-43(27-41-31)40(28-14-4-1-5-15-28,29-16-6-2-7-17-29)30-18-8-3-9-19-30/h1-23,25,27,36-37H,24,26H2,(H,42,46)(H,44,45)/t37-/m0/s1/i41+1,42+1,43+1. The lowest BCUT2D eigenvalue weighted by Gasteiger charge is -2.37. The number of imidazole rings is 1. The zero-order chi connectivity index (χ0) is 32.2. The minimum atomic E-state index is -1.24. The van der Waals surface area contributed by atoms with Crippen LogP contribution in [0.3, 0.4) is 0 Å². The fourth-order valence-corrected chi connectivity index (χ4v) is 6.83. The Kier molecular flexibility index (Phi) is 8.11. The van der Waals surface area contributed by atoms with Gasteiger partial charge in [-0.25, -0.2) is 14.6 Å². The van der Waals surface area contributed by atoms with E-state index in [1.54, 1.807) is 6.33 Å². The average molecular weight is 623 g/mol. The normalized spacial score (nSPS) is 12.9.